The van der Waals surface area contributed by atoms with Crippen molar-refractivity contribution >= 4 is 31.7 Å². The number of halogens is 2. The zero-order valence-corrected chi connectivity index (χ0v) is 14.3. The smallest absolute Gasteiger partial charge is 0.253 e. The number of sulfone groups is 1. The molecule has 1 saturated heterocycles. The van der Waals surface area contributed by atoms with Crippen LogP contribution in [-0.4, -0.2) is 37.6 Å². The van der Waals surface area contributed by atoms with Crippen LogP contribution >= 0.6 is 15.9 Å². The highest BCUT2D eigenvalue weighted by Gasteiger charge is 2.40. The summed E-state index contributed by atoms with van der Waals surface area (Å²) in [6.45, 7) is 0.288. The third kappa shape index (κ3) is 3.16. The molecule has 2 aromatic carbocycles. The van der Waals surface area contributed by atoms with Crippen molar-refractivity contribution in [2.75, 3.05) is 13.1 Å². The van der Waals surface area contributed by atoms with Gasteiger partial charge in [0.1, 0.15) is 11.1 Å². The Morgan fingerprint density at radius 2 is 1.78 bits per heavy atom. The molecule has 0 aromatic heterocycles. The summed E-state index contributed by atoms with van der Waals surface area (Å²) < 4.78 is 38.5. The van der Waals surface area contributed by atoms with Crippen LogP contribution in [0.4, 0.5) is 4.39 Å². The van der Waals surface area contributed by atoms with E-state index < -0.39 is 20.9 Å². The molecule has 0 saturated carbocycles. The molecule has 0 bridgehead atoms. The number of amides is 1. The Morgan fingerprint density at radius 1 is 1.13 bits per heavy atom. The van der Waals surface area contributed by atoms with Crippen LogP contribution in [0.25, 0.3) is 0 Å². The quantitative estimate of drug-likeness (QED) is 0.748. The molecule has 0 aliphatic carbocycles. The maximum absolute atomic E-state index is 12.9. The molecule has 1 aliphatic heterocycles. The normalized spacial score (nSPS) is 15.3. The molecule has 3 rings (SSSR count). The average molecular weight is 398 g/mol. The summed E-state index contributed by atoms with van der Waals surface area (Å²) in [6, 6.07) is 11.7. The number of nitrogens with zero attached hydrogens (tertiary/aromatic N) is 1. The first-order valence-corrected chi connectivity index (χ1v) is 9.26. The van der Waals surface area contributed by atoms with E-state index in [0.29, 0.717) is 5.56 Å². The maximum Gasteiger partial charge on any atom is 0.253 e. The lowest BCUT2D eigenvalue weighted by Crippen LogP contribution is -2.56. The highest BCUT2D eigenvalue weighted by Crippen LogP contribution is 2.25. The van der Waals surface area contributed by atoms with Crippen LogP contribution in [0.1, 0.15) is 10.4 Å². The summed E-state index contributed by atoms with van der Waals surface area (Å²) in [5, 5.41) is -0.649. The summed E-state index contributed by atoms with van der Waals surface area (Å²) >= 11 is 3.30. The van der Waals surface area contributed by atoms with Gasteiger partial charge < -0.3 is 4.90 Å². The van der Waals surface area contributed by atoms with Gasteiger partial charge in [0.05, 0.1) is 4.90 Å². The fourth-order valence-electron chi connectivity index (χ4n) is 2.42. The van der Waals surface area contributed by atoms with E-state index in [9.17, 15) is 17.6 Å². The number of carbonyl (C=O) groups is 1. The Bertz CT molecular complexity index is 846. The van der Waals surface area contributed by atoms with E-state index in [1.807, 2.05) is 6.07 Å². The largest absolute Gasteiger partial charge is 0.336 e. The first kappa shape index (κ1) is 16.1. The molecule has 4 nitrogen and oxygen atoms in total. The third-order valence-corrected chi connectivity index (χ3v) is 6.39. The third-order valence-electron chi connectivity index (χ3n) is 3.79. The number of carbonyl (C=O) groups excluding carboxylic acids is 1. The van der Waals surface area contributed by atoms with Crippen molar-refractivity contribution in [3.8, 4) is 0 Å². The molecule has 1 heterocycles. The van der Waals surface area contributed by atoms with Crippen LogP contribution < -0.4 is 0 Å². The highest BCUT2D eigenvalue weighted by molar-refractivity contribution is 9.10. The lowest BCUT2D eigenvalue weighted by atomic mass is 10.1. The predicted octanol–water partition coefficient (Wildman–Crippen LogP) is 2.89. The predicted molar refractivity (Wildman–Crippen MR) is 87.4 cm³/mol. The molecule has 0 radical (unpaired) electrons. The van der Waals surface area contributed by atoms with E-state index >= 15 is 0 Å². The molecule has 1 fully saturated rings. The molecular formula is C16H13BrFNO3S. The zero-order chi connectivity index (χ0) is 16.6. The Labute approximate surface area is 142 Å². The van der Waals surface area contributed by atoms with Gasteiger partial charge in [0.2, 0.25) is 0 Å². The maximum atomic E-state index is 12.9. The molecule has 0 unspecified atom stereocenters. The van der Waals surface area contributed by atoms with Crippen LogP contribution in [0.2, 0.25) is 0 Å². The Morgan fingerprint density at radius 3 is 2.39 bits per heavy atom. The lowest BCUT2D eigenvalue weighted by Gasteiger charge is -2.38. The van der Waals surface area contributed by atoms with Gasteiger partial charge in [-0.2, -0.15) is 0 Å². The minimum absolute atomic E-state index is 0.0819. The lowest BCUT2D eigenvalue weighted by molar-refractivity contribution is 0.0659. The van der Waals surface area contributed by atoms with Gasteiger partial charge in [0.25, 0.3) is 5.91 Å². The van der Waals surface area contributed by atoms with E-state index in [1.54, 1.807) is 18.2 Å². The molecule has 0 N–H and O–H groups in total. The van der Waals surface area contributed by atoms with Crippen LogP contribution in [-0.2, 0) is 9.84 Å². The van der Waals surface area contributed by atoms with E-state index in [1.165, 1.54) is 17.0 Å². The van der Waals surface area contributed by atoms with Crippen molar-refractivity contribution in [1.82, 2.24) is 4.90 Å². The molecule has 7 heteroatoms. The second kappa shape index (κ2) is 6.05. The Hall–Kier alpha value is -1.73. The molecule has 23 heavy (non-hydrogen) atoms. The summed E-state index contributed by atoms with van der Waals surface area (Å²) in [4.78, 5) is 13.9. The molecule has 0 atom stereocenters. The van der Waals surface area contributed by atoms with Crippen molar-refractivity contribution in [2.45, 2.75) is 10.1 Å². The number of hydrogen-bond donors (Lipinski definition) is 0. The van der Waals surface area contributed by atoms with Crippen LogP contribution in [0.3, 0.4) is 0 Å². The fourth-order valence-corrected chi connectivity index (χ4v) is 4.47. The van der Waals surface area contributed by atoms with Crippen LogP contribution in [0.5, 0.6) is 0 Å². The van der Waals surface area contributed by atoms with E-state index in [0.717, 1.165) is 16.6 Å². The van der Waals surface area contributed by atoms with Gasteiger partial charge in [-0.1, -0.05) is 22.0 Å². The van der Waals surface area contributed by atoms with Gasteiger partial charge in [-0.3, -0.25) is 4.79 Å². The van der Waals surface area contributed by atoms with Crippen molar-refractivity contribution < 1.29 is 17.6 Å². The van der Waals surface area contributed by atoms with E-state index in [-0.39, 0.29) is 23.9 Å². The number of hydrogen-bond acceptors (Lipinski definition) is 3. The zero-order valence-electron chi connectivity index (χ0n) is 11.9. The van der Waals surface area contributed by atoms with Crippen molar-refractivity contribution in [3.63, 3.8) is 0 Å². The Kier molecular flexibility index (Phi) is 4.25. The minimum atomic E-state index is -3.55. The van der Waals surface area contributed by atoms with Gasteiger partial charge in [0.15, 0.2) is 9.84 Å². The topological polar surface area (TPSA) is 54.5 Å². The van der Waals surface area contributed by atoms with Gasteiger partial charge >= 0.3 is 0 Å². The monoisotopic (exact) mass is 397 g/mol. The van der Waals surface area contributed by atoms with Crippen molar-refractivity contribution in [3.05, 3.63) is 64.4 Å². The molecule has 1 amide bonds. The van der Waals surface area contributed by atoms with Gasteiger partial charge in [-0.25, -0.2) is 12.8 Å². The first-order chi connectivity index (χ1) is 10.9. The summed E-state index contributed by atoms with van der Waals surface area (Å²) in [5.41, 5.74) is 0.511. The minimum Gasteiger partial charge on any atom is -0.336 e. The van der Waals surface area contributed by atoms with Gasteiger partial charge in [-0.05, 0) is 42.5 Å². The second-order valence-corrected chi connectivity index (χ2v) is 8.49. The molecule has 120 valence electrons. The van der Waals surface area contributed by atoms with E-state index in [4.69, 9.17) is 0 Å². The SMILES string of the molecule is O=C(c1cccc(Br)c1)N1CC(S(=O)(=O)c2ccc(F)cc2)C1. The van der Waals surface area contributed by atoms with Crippen molar-refractivity contribution in [2.24, 2.45) is 0 Å². The summed E-state index contributed by atoms with van der Waals surface area (Å²) in [7, 11) is -3.55. The second-order valence-electron chi connectivity index (χ2n) is 5.34. The number of rotatable bonds is 3. The summed E-state index contributed by atoms with van der Waals surface area (Å²) in [6.07, 6.45) is 0. The average Bonchev–Trinajstić information content (AvgIpc) is 2.45. The standard InChI is InChI=1S/C16H13BrFNO3S/c17-12-3-1-2-11(8-12)16(20)19-9-15(10-19)23(21,22)14-6-4-13(18)5-7-14/h1-8,15H,9-10H2. The fraction of sp³-hybridized carbons (Fsp3) is 0.188. The molecule has 1 aliphatic rings. The van der Waals surface area contributed by atoms with Gasteiger partial charge in [-0.15, -0.1) is 0 Å². The highest BCUT2D eigenvalue weighted by atomic mass is 79.9. The number of benzene rings is 2. The molecule has 0 spiro atoms. The molecular weight excluding hydrogens is 385 g/mol. The van der Waals surface area contributed by atoms with E-state index in [2.05, 4.69) is 15.9 Å². The Balaban J connectivity index is 1.71. The van der Waals surface area contributed by atoms with Crippen molar-refractivity contribution in [1.29, 1.82) is 0 Å². The summed E-state index contributed by atoms with van der Waals surface area (Å²) in [5.74, 6) is -0.680. The van der Waals surface area contributed by atoms with Crippen LogP contribution in [0, 0.1) is 5.82 Å². The first-order valence-electron chi connectivity index (χ1n) is 6.92. The molecule has 2 aromatic rings. The van der Waals surface area contributed by atoms with Gasteiger partial charge in [0, 0.05) is 23.1 Å². The number of likely N-dealkylation sites (tertiary alicyclic amines) is 1. The van der Waals surface area contributed by atoms with Crippen LogP contribution in [0.15, 0.2) is 57.9 Å².